The van der Waals surface area contributed by atoms with Crippen LogP contribution in [-0.4, -0.2) is 25.5 Å². The third kappa shape index (κ3) is 1.31. The van der Waals surface area contributed by atoms with E-state index in [0.29, 0.717) is 0 Å². The molecule has 0 spiro atoms. The first-order valence-electron chi connectivity index (χ1n) is 4.85. The van der Waals surface area contributed by atoms with Crippen molar-refractivity contribution in [2.75, 3.05) is 20.6 Å². The van der Waals surface area contributed by atoms with E-state index in [1.807, 2.05) is 0 Å². The van der Waals surface area contributed by atoms with Crippen LogP contribution in [0.4, 0.5) is 0 Å². The number of rotatable bonds is 2. The summed E-state index contributed by atoms with van der Waals surface area (Å²) >= 11 is 0. The van der Waals surface area contributed by atoms with E-state index in [0.717, 1.165) is 11.3 Å². The van der Waals surface area contributed by atoms with Crippen molar-refractivity contribution in [3.05, 3.63) is 0 Å². The minimum absolute atomic E-state index is 0.758. The molecule has 0 aromatic rings. The standard InChI is InChI=1S/C10H19N/c1-11(2)8-10-5-3-9(7-10)4-6-10/h9H,3-8H2,1-2H3. The lowest BCUT2D eigenvalue weighted by molar-refractivity contribution is 0.203. The van der Waals surface area contributed by atoms with Crippen molar-refractivity contribution in [3.63, 3.8) is 0 Å². The van der Waals surface area contributed by atoms with Crippen LogP contribution in [0.5, 0.6) is 0 Å². The summed E-state index contributed by atoms with van der Waals surface area (Å²) < 4.78 is 0. The third-order valence-electron chi connectivity index (χ3n) is 3.54. The highest BCUT2D eigenvalue weighted by atomic mass is 15.1. The normalized spacial score (nSPS) is 42.3. The van der Waals surface area contributed by atoms with E-state index in [-0.39, 0.29) is 0 Å². The quantitative estimate of drug-likeness (QED) is 0.587. The van der Waals surface area contributed by atoms with Crippen molar-refractivity contribution < 1.29 is 0 Å². The second-order valence-electron chi connectivity index (χ2n) is 4.89. The lowest BCUT2D eigenvalue weighted by Gasteiger charge is -2.29. The van der Waals surface area contributed by atoms with Gasteiger partial charge in [-0.05, 0) is 57.5 Å². The molecule has 1 heteroatoms. The summed E-state index contributed by atoms with van der Waals surface area (Å²) in [5.41, 5.74) is 0.758. The topological polar surface area (TPSA) is 3.24 Å². The van der Waals surface area contributed by atoms with Gasteiger partial charge in [0.05, 0.1) is 0 Å². The predicted octanol–water partition coefficient (Wildman–Crippen LogP) is 2.13. The highest BCUT2D eigenvalue weighted by molar-refractivity contribution is 4.96. The average Bonchev–Trinajstić information content (AvgIpc) is 2.43. The van der Waals surface area contributed by atoms with E-state index in [9.17, 15) is 0 Å². The molecule has 2 aliphatic carbocycles. The maximum absolute atomic E-state index is 2.37. The van der Waals surface area contributed by atoms with Gasteiger partial charge in [-0.15, -0.1) is 0 Å². The monoisotopic (exact) mass is 153 g/mol. The molecule has 1 nitrogen and oxygen atoms in total. The highest BCUT2D eigenvalue weighted by Crippen LogP contribution is 2.54. The van der Waals surface area contributed by atoms with Crippen LogP contribution < -0.4 is 0 Å². The van der Waals surface area contributed by atoms with Gasteiger partial charge in [-0.1, -0.05) is 0 Å². The molecule has 0 amide bonds. The first-order valence-corrected chi connectivity index (χ1v) is 4.85. The Balaban J connectivity index is 1.99. The fourth-order valence-electron chi connectivity index (χ4n) is 3.20. The van der Waals surface area contributed by atoms with Crippen LogP contribution in [0.25, 0.3) is 0 Å². The molecule has 0 aromatic carbocycles. The van der Waals surface area contributed by atoms with Crippen LogP contribution >= 0.6 is 0 Å². The lowest BCUT2D eigenvalue weighted by Crippen LogP contribution is -2.29. The molecule has 0 aromatic heterocycles. The summed E-state index contributed by atoms with van der Waals surface area (Å²) in [6, 6.07) is 0. The smallest absolute Gasteiger partial charge is 0.00320 e. The SMILES string of the molecule is CN(C)CC12CCC(CC1)C2. The molecule has 0 N–H and O–H groups in total. The van der Waals surface area contributed by atoms with Crippen molar-refractivity contribution >= 4 is 0 Å². The van der Waals surface area contributed by atoms with Crippen LogP contribution in [0, 0.1) is 11.3 Å². The Kier molecular flexibility index (Phi) is 1.71. The van der Waals surface area contributed by atoms with Crippen LogP contribution in [0.1, 0.15) is 32.1 Å². The van der Waals surface area contributed by atoms with E-state index in [1.165, 1.54) is 38.6 Å². The molecule has 2 aliphatic rings. The van der Waals surface area contributed by atoms with Crippen molar-refractivity contribution in [2.24, 2.45) is 11.3 Å². The second-order valence-corrected chi connectivity index (χ2v) is 4.89. The summed E-state index contributed by atoms with van der Waals surface area (Å²) in [5, 5.41) is 0. The van der Waals surface area contributed by atoms with E-state index in [4.69, 9.17) is 0 Å². The van der Waals surface area contributed by atoms with E-state index < -0.39 is 0 Å². The summed E-state index contributed by atoms with van der Waals surface area (Å²) in [5.74, 6) is 1.11. The van der Waals surface area contributed by atoms with Crippen LogP contribution in [0.3, 0.4) is 0 Å². The van der Waals surface area contributed by atoms with Gasteiger partial charge in [0.25, 0.3) is 0 Å². The number of nitrogens with zero attached hydrogens (tertiary/aromatic N) is 1. The van der Waals surface area contributed by atoms with E-state index >= 15 is 0 Å². The Morgan fingerprint density at radius 3 is 2.27 bits per heavy atom. The van der Waals surface area contributed by atoms with Crippen LogP contribution in [-0.2, 0) is 0 Å². The largest absolute Gasteiger partial charge is 0.309 e. The Morgan fingerprint density at radius 1 is 1.27 bits per heavy atom. The van der Waals surface area contributed by atoms with Gasteiger partial charge in [0.2, 0.25) is 0 Å². The van der Waals surface area contributed by atoms with E-state index in [1.54, 1.807) is 0 Å². The molecular formula is C10H19N. The van der Waals surface area contributed by atoms with Gasteiger partial charge in [0, 0.05) is 6.54 Å². The number of hydrogen-bond acceptors (Lipinski definition) is 1. The fourth-order valence-corrected chi connectivity index (χ4v) is 3.20. The molecule has 0 radical (unpaired) electrons. The number of fused-ring (bicyclic) bond motifs is 2. The lowest BCUT2D eigenvalue weighted by atomic mass is 9.84. The predicted molar refractivity (Wildman–Crippen MR) is 47.6 cm³/mol. The molecule has 2 fully saturated rings. The van der Waals surface area contributed by atoms with E-state index in [2.05, 4.69) is 19.0 Å². The molecule has 11 heavy (non-hydrogen) atoms. The van der Waals surface area contributed by atoms with Gasteiger partial charge in [-0.3, -0.25) is 0 Å². The summed E-state index contributed by atoms with van der Waals surface area (Å²) in [6.45, 7) is 1.34. The molecule has 2 rings (SSSR count). The highest BCUT2D eigenvalue weighted by Gasteiger charge is 2.44. The van der Waals surface area contributed by atoms with Gasteiger partial charge in [-0.25, -0.2) is 0 Å². The first-order chi connectivity index (χ1) is 5.20. The Hall–Kier alpha value is -0.0400. The summed E-state index contributed by atoms with van der Waals surface area (Å²) in [7, 11) is 4.42. The Labute approximate surface area is 69.8 Å². The zero-order chi connectivity index (χ0) is 7.90. The van der Waals surface area contributed by atoms with Gasteiger partial charge < -0.3 is 4.90 Å². The third-order valence-corrected chi connectivity index (χ3v) is 3.54. The molecule has 2 bridgehead atoms. The molecule has 0 atom stereocenters. The van der Waals surface area contributed by atoms with Crippen molar-refractivity contribution in [2.45, 2.75) is 32.1 Å². The van der Waals surface area contributed by atoms with Gasteiger partial charge >= 0.3 is 0 Å². The molecule has 2 saturated carbocycles. The molecule has 0 unspecified atom stereocenters. The zero-order valence-electron chi connectivity index (χ0n) is 7.77. The van der Waals surface area contributed by atoms with Crippen LogP contribution in [0.15, 0.2) is 0 Å². The van der Waals surface area contributed by atoms with Gasteiger partial charge in [-0.2, -0.15) is 0 Å². The minimum atomic E-state index is 0.758. The molecule has 0 saturated heterocycles. The second kappa shape index (κ2) is 2.48. The zero-order valence-corrected chi connectivity index (χ0v) is 7.77. The molecule has 0 aliphatic heterocycles. The fraction of sp³-hybridized carbons (Fsp3) is 1.00. The summed E-state index contributed by atoms with van der Waals surface area (Å²) in [4.78, 5) is 2.37. The van der Waals surface area contributed by atoms with Crippen molar-refractivity contribution in [1.82, 2.24) is 4.90 Å². The van der Waals surface area contributed by atoms with Gasteiger partial charge in [0.1, 0.15) is 0 Å². The Morgan fingerprint density at radius 2 is 1.91 bits per heavy atom. The van der Waals surface area contributed by atoms with Crippen molar-refractivity contribution in [1.29, 1.82) is 0 Å². The van der Waals surface area contributed by atoms with Gasteiger partial charge in [0.15, 0.2) is 0 Å². The maximum atomic E-state index is 2.37. The minimum Gasteiger partial charge on any atom is -0.309 e. The van der Waals surface area contributed by atoms with Crippen molar-refractivity contribution in [3.8, 4) is 0 Å². The molecule has 64 valence electrons. The average molecular weight is 153 g/mol. The summed E-state index contributed by atoms with van der Waals surface area (Å²) in [6.07, 6.45) is 7.60. The number of hydrogen-bond donors (Lipinski definition) is 0. The van der Waals surface area contributed by atoms with Crippen LogP contribution in [0.2, 0.25) is 0 Å². The maximum Gasteiger partial charge on any atom is 0.00320 e. The Bertz CT molecular complexity index is 143. The first kappa shape index (κ1) is 7.60. The molecule has 0 heterocycles. The molecular weight excluding hydrogens is 134 g/mol.